The molecule has 0 atom stereocenters. The van der Waals surface area contributed by atoms with E-state index in [1.807, 2.05) is 12.1 Å². The van der Waals surface area contributed by atoms with Crippen LogP contribution in [0.4, 0.5) is 5.69 Å². The first-order valence-corrected chi connectivity index (χ1v) is 11.1. The van der Waals surface area contributed by atoms with Gasteiger partial charge in [-0.2, -0.15) is 0 Å². The molecule has 31 heavy (non-hydrogen) atoms. The zero-order valence-electron chi connectivity index (χ0n) is 19.7. The van der Waals surface area contributed by atoms with Crippen LogP contribution in [0.2, 0.25) is 0 Å². The van der Waals surface area contributed by atoms with Crippen molar-refractivity contribution >= 4 is 24.1 Å². The Morgan fingerprint density at radius 1 is 1.03 bits per heavy atom. The van der Waals surface area contributed by atoms with E-state index >= 15 is 0 Å². The van der Waals surface area contributed by atoms with Crippen molar-refractivity contribution in [1.29, 1.82) is 0 Å². The van der Waals surface area contributed by atoms with E-state index in [-0.39, 0.29) is 0 Å². The van der Waals surface area contributed by atoms with Crippen molar-refractivity contribution in [2.75, 3.05) is 7.05 Å². The molecule has 0 unspecified atom stereocenters. The van der Waals surface area contributed by atoms with Crippen LogP contribution >= 0.6 is 0 Å². The minimum absolute atomic E-state index is 0.850. The predicted molar refractivity (Wildman–Crippen MR) is 139 cm³/mol. The van der Waals surface area contributed by atoms with E-state index in [1.165, 1.54) is 28.1 Å². The van der Waals surface area contributed by atoms with Gasteiger partial charge in [0.1, 0.15) is 0 Å². The molecule has 0 aliphatic rings. The Kier molecular flexibility index (Phi) is 9.77. The zero-order chi connectivity index (χ0) is 22.6. The topological polar surface area (TPSA) is 15.6 Å². The fourth-order valence-corrected chi connectivity index (χ4v) is 3.74. The highest BCUT2D eigenvalue weighted by Gasteiger charge is 2.11. The highest BCUT2D eigenvalue weighted by Crippen LogP contribution is 2.25. The van der Waals surface area contributed by atoms with E-state index in [4.69, 9.17) is 0 Å². The third-order valence-electron chi connectivity index (χ3n) is 5.36. The van der Waals surface area contributed by atoms with E-state index < -0.39 is 0 Å². The molecule has 0 fully saturated rings. The fraction of sp³-hybridized carbons (Fsp3) is 0.276. The molecule has 2 rings (SSSR count). The van der Waals surface area contributed by atoms with E-state index in [0.29, 0.717) is 0 Å². The molecule has 0 spiro atoms. The number of allylic oxidation sites excluding steroid dienone is 7. The van der Waals surface area contributed by atoms with Gasteiger partial charge in [-0.15, -0.1) is 0 Å². The first-order chi connectivity index (χ1) is 15.1. The molecular weight excluding hydrogens is 376 g/mol. The molecule has 2 aromatic rings. The summed E-state index contributed by atoms with van der Waals surface area (Å²) in [6, 6.07) is 17.1. The van der Waals surface area contributed by atoms with Gasteiger partial charge in [-0.05, 0) is 73.9 Å². The number of benzene rings is 2. The Balaban J connectivity index is 2.48. The summed E-state index contributed by atoms with van der Waals surface area (Å²) in [5.41, 5.74) is 8.42. The molecule has 0 amide bonds. The molecule has 0 N–H and O–H groups in total. The summed E-state index contributed by atoms with van der Waals surface area (Å²) in [6.07, 6.45) is 13.9. The predicted octanol–water partition coefficient (Wildman–Crippen LogP) is 8.22. The molecule has 0 aromatic heterocycles. The highest BCUT2D eigenvalue weighted by atomic mass is 15.1. The van der Waals surface area contributed by atoms with Crippen LogP contribution in [-0.2, 0) is 6.42 Å². The van der Waals surface area contributed by atoms with Gasteiger partial charge < -0.3 is 4.90 Å². The number of hydrogen-bond donors (Lipinski definition) is 0. The Bertz CT molecular complexity index is 989. The summed E-state index contributed by atoms with van der Waals surface area (Å²) >= 11 is 0. The minimum atomic E-state index is 0.850. The molecule has 0 aliphatic heterocycles. The second kappa shape index (κ2) is 12.5. The van der Waals surface area contributed by atoms with Gasteiger partial charge in [0.15, 0.2) is 0 Å². The maximum atomic E-state index is 4.08. The molecule has 0 heterocycles. The molecule has 2 aromatic carbocycles. The van der Waals surface area contributed by atoms with Crippen molar-refractivity contribution in [2.24, 2.45) is 4.99 Å². The van der Waals surface area contributed by atoms with Crippen LogP contribution in [0.3, 0.4) is 0 Å². The summed E-state index contributed by atoms with van der Waals surface area (Å²) in [5.74, 6) is 0. The Labute approximate surface area is 189 Å². The van der Waals surface area contributed by atoms with Crippen LogP contribution in [0.1, 0.15) is 57.2 Å². The Morgan fingerprint density at radius 2 is 1.81 bits per heavy atom. The lowest BCUT2D eigenvalue weighted by Crippen LogP contribution is -2.18. The standard InChI is InChI=1S/C29H36N2/c1-7-13-25(14-8-2)26-17-11-15-23(19-26)21-29(31(6)28(9-3)10-4)22-24-16-12-18-27(20-24)30-5/h7,9,11-20,22H,5,8,10,21H2,1-4,6H3/b13-7-,25-14+,28-9-,29-22-. The molecule has 2 nitrogen and oxygen atoms in total. The lowest BCUT2D eigenvalue weighted by atomic mass is 9.98. The summed E-state index contributed by atoms with van der Waals surface area (Å²) in [7, 11) is 2.16. The molecule has 0 radical (unpaired) electrons. The monoisotopic (exact) mass is 412 g/mol. The van der Waals surface area contributed by atoms with Gasteiger partial charge in [-0.25, -0.2) is 0 Å². The summed E-state index contributed by atoms with van der Waals surface area (Å²) in [6.45, 7) is 12.2. The van der Waals surface area contributed by atoms with Crippen LogP contribution in [0.15, 0.2) is 89.2 Å². The maximum Gasteiger partial charge on any atom is 0.0628 e. The quantitative estimate of drug-likeness (QED) is 0.283. The van der Waals surface area contributed by atoms with Crippen molar-refractivity contribution in [3.63, 3.8) is 0 Å². The maximum absolute atomic E-state index is 4.08. The molecule has 162 valence electrons. The largest absolute Gasteiger partial charge is 0.352 e. The first-order valence-electron chi connectivity index (χ1n) is 11.1. The fourth-order valence-electron chi connectivity index (χ4n) is 3.74. The van der Waals surface area contributed by atoms with E-state index in [1.54, 1.807) is 0 Å². The molecular formula is C29H36N2. The molecule has 2 heteroatoms. The SMILES string of the molecule is C=Nc1cccc(/C=C(/Cc2cccc(C(/C=C\C)=C/CC)c2)N(C)/C(=C\C)CC)c1. The van der Waals surface area contributed by atoms with E-state index in [9.17, 15) is 0 Å². The van der Waals surface area contributed by atoms with Crippen LogP contribution in [0.5, 0.6) is 0 Å². The van der Waals surface area contributed by atoms with E-state index in [2.05, 4.69) is 118 Å². The third kappa shape index (κ3) is 6.96. The second-order valence-electron chi connectivity index (χ2n) is 7.53. The normalized spacial score (nSPS) is 13.0. The number of nitrogens with zero attached hydrogens (tertiary/aromatic N) is 2. The van der Waals surface area contributed by atoms with Gasteiger partial charge in [-0.1, -0.05) is 74.5 Å². The second-order valence-corrected chi connectivity index (χ2v) is 7.53. The van der Waals surface area contributed by atoms with Gasteiger partial charge in [0, 0.05) is 24.9 Å². The Hall–Kier alpha value is -3.13. The number of aliphatic imine (C=N–C) groups is 1. The van der Waals surface area contributed by atoms with Crippen LogP contribution < -0.4 is 0 Å². The third-order valence-corrected chi connectivity index (χ3v) is 5.36. The van der Waals surface area contributed by atoms with Crippen molar-refractivity contribution in [3.05, 3.63) is 101 Å². The van der Waals surface area contributed by atoms with Crippen molar-refractivity contribution in [1.82, 2.24) is 4.90 Å². The zero-order valence-corrected chi connectivity index (χ0v) is 19.7. The summed E-state index contributed by atoms with van der Waals surface area (Å²) in [4.78, 5) is 6.40. The molecule has 0 bridgehead atoms. The smallest absolute Gasteiger partial charge is 0.0628 e. The average Bonchev–Trinajstić information content (AvgIpc) is 2.79. The molecule has 0 saturated carbocycles. The van der Waals surface area contributed by atoms with Crippen LogP contribution in [-0.4, -0.2) is 18.7 Å². The van der Waals surface area contributed by atoms with Gasteiger partial charge in [0.05, 0.1) is 5.69 Å². The number of rotatable bonds is 10. The average molecular weight is 413 g/mol. The lowest BCUT2D eigenvalue weighted by molar-refractivity contribution is 0.492. The number of likely N-dealkylation sites (N-methyl/N-ethyl adjacent to an activating group) is 1. The van der Waals surface area contributed by atoms with Gasteiger partial charge >= 0.3 is 0 Å². The molecule has 0 aliphatic carbocycles. The van der Waals surface area contributed by atoms with Gasteiger partial charge in [0.2, 0.25) is 0 Å². The minimum Gasteiger partial charge on any atom is -0.352 e. The first kappa shape index (κ1) is 24.1. The van der Waals surface area contributed by atoms with Gasteiger partial charge in [0.25, 0.3) is 0 Å². The lowest BCUT2D eigenvalue weighted by Gasteiger charge is -2.26. The van der Waals surface area contributed by atoms with Crippen LogP contribution in [0, 0.1) is 0 Å². The number of hydrogen-bond acceptors (Lipinski definition) is 2. The van der Waals surface area contributed by atoms with Crippen molar-refractivity contribution < 1.29 is 0 Å². The summed E-state index contributed by atoms with van der Waals surface area (Å²) < 4.78 is 0. The van der Waals surface area contributed by atoms with Crippen LogP contribution in [0.25, 0.3) is 11.6 Å². The summed E-state index contributed by atoms with van der Waals surface area (Å²) in [5, 5.41) is 0. The molecule has 0 saturated heterocycles. The van der Waals surface area contributed by atoms with Crippen molar-refractivity contribution in [2.45, 2.75) is 47.0 Å². The van der Waals surface area contributed by atoms with Gasteiger partial charge in [-0.3, -0.25) is 4.99 Å². The highest BCUT2D eigenvalue weighted by molar-refractivity contribution is 5.74. The Morgan fingerprint density at radius 3 is 2.45 bits per heavy atom. The van der Waals surface area contributed by atoms with Crippen molar-refractivity contribution in [3.8, 4) is 0 Å². The van der Waals surface area contributed by atoms with E-state index in [0.717, 1.165) is 30.5 Å².